The maximum atomic E-state index is 12.2. The van der Waals surface area contributed by atoms with E-state index in [1.54, 1.807) is 27.8 Å². The standard InChI is InChI=1S/C12H24N2O4S/c1-9(2)13(6)19(16,17)10-7-14(8-10)11(15)18-12(3,4)5/h9-10H,7-8H2,1-6H3. The van der Waals surface area contributed by atoms with Crippen molar-refractivity contribution in [2.24, 2.45) is 0 Å². The molecular formula is C12H24N2O4S. The number of sulfonamides is 1. The van der Waals surface area contributed by atoms with Gasteiger partial charge in [-0.15, -0.1) is 0 Å². The first-order chi connectivity index (χ1) is 8.45. The molecule has 0 saturated carbocycles. The van der Waals surface area contributed by atoms with Crippen molar-refractivity contribution in [2.45, 2.75) is 51.5 Å². The van der Waals surface area contributed by atoms with Gasteiger partial charge in [-0.25, -0.2) is 17.5 Å². The van der Waals surface area contributed by atoms with E-state index < -0.39 is 27.0 Å². The molecule has 0 unspecified atom stereocenters. The van der Waals surface area contributed by atoms with Crippen LogP contribution in [0.15, 0.2) is 0 Å². The Balaban J connectivity index is 2.57. The Morgan fingerprint density at radius 3 is 2.16 bits per heavy atom. The Hall–Kier alpha value is -0.820. The van der Waals surface area contributed by atoms with E-state index in [0.29, 0.717) is 0 Å². The molecule has 0 N–H and O–H groups in total. The van der Waals surface area contributed by atoms with Gasteiger partial charge in [0.1, 0.15) is 10.9 Å². The first-order valence-electron chi connectivity index (χ1n) is 6.40. The lowest BCUT2D eigenvalue weighted by atomic mass is 10.2. The van der Waals surface area contributed by atoms with Crippen LogP contribution in [-0.2, 0) is 14.8 Å². The zero-order valence-corrected chi connectivity index (χ0v) is 13.3. The molecule has 1 amide bonds. The molecule has 0 radical (unpaired) electrons. The van der Waals surface area contributed by atoms with Gasteiger partial charge in [0.05, 0.1) is 0 Å². The maximum absolute atomic E-state index is 12.2. The van der Waals surface area contributed by atoms with Gasteiger partial charge >= 0.3 is 6.09 Å². The lowest BCUT2D eigenvalue weighted by Crippen LogP contribution is -2.60. The zero-order valence-electron chi connectivity index (χ0n) is 12.5. The number of carbonyl (C=O) groups is 1. The number of carbonyl (C=O) groups excluding carboxylic acids is 1. The smallest absolute Gasteiger partial charge is 0.410 e. The minimum atomic E-state index is -3.33. The molecule has 112 valence electrons. The fraction of sp³-hybridized carbons (Fsp3) is 0.917. The van der Waals surface area contributed by atoms with Crippen molar-refractivity contribution in [1.82, 2.24) is 9.21 Å². The molecule has 0 atom stereocenters. The molecule has 1 saturated heterocycles. The van der Waals surface area contributed by atoms with E-state index in [-0.39, 0.29) is 19.1 Å². The van der Waals surface area contributed by atoms with Crippen LogP contribution >= 0.6 is 0 Å². The van der Waals surface area contributed by atoms with Crippen LogP contribution in [0.1, 0.15) is 34.6 Å². The van der Waals surface area contributed by atoms with E-state index in [1.807, 2.05) is 13.8 Å². The Labute approximate surface area is 115 Å². The third kappa shape index (κ3) is 3.82. The van der Waals surface area contributed by atoms with E-state index in [4.69, 9.17) is 4.74 Å². The van der Waals surface area contributed by atoms with Gasteiger partial charge in [0.25, 0.3) is 0 Å². The highest BCUT2D eigenvalue weighted by molar-refractivity contribution is 7.89. The predicted molar refractivity (Wildman–Crippen MR) is 73.4 cm³/mol. The maximum Gasteiger partial charge on any atom is 0.410 e. The third-order valence-electron chi connectivity index (χ3n) is 3.05. The van der Waals surface area contributed by atoms with Gasteiger partial charge in [-0.05, 0) is 34.6 Å². The molecule has 19 heavy (non-hydrogen) atoms. The van der Waals surface area contributed by atoms with Crippen molar-refractivity contribution < 1.29 is 17.9 Å². The minimum absolute atomic E-state index is 0.0828. The summed E-state index contributed by atoms with van der Waals surface area (Å²) in [6.07, 6.45) is -0.453. The van der Waals surface area contributed by atoms with Crippen LogP contribution in [0, 0.1) is 0 Å². The van der Waals surface area contributed by atoms with Gasteiger partial charge in [0.2, 0.25) is 10.0 Å². The fourth-order valence-electron chi connectivity index (χ4n) is 1.63. The highest BCUT2D eigenvalue weighted by atomic mass is 32.2. The van der Waals surface area contributed by atoms with Gasteiger partial charge in [-0.2, -0.15) is 0 Å². The largest absolute Gasteiger partial charge is 0.444 e. The lowest BCUT2D eigenvalue weighted by Gasteiger charge is -2.41. The first kappa shape index (κ1) is 16.2. The van der Waals surface area contributed by atoms with Crippen LogP contribution in [0.3, 0.4) is 0 Å². The van der Waals surface area contributed by atoms with Crippen molar-refractivity contribution in [1.29, 1.82) is 0 Å². The highest BCUT2D eigenvalue weighted by Gasteiger charge is 2.43. The normalized spacial score (nSPS) is 17.8. The predicted octanol–water partition coefficient (Wildman–Crippen LogP) is 1.28. The van der Waals surface area contributed by atoms with Crippen molar-refractivity contribution in [3.05, 3.63) is 0 Å². The molecular weight excluding hydrogens is 268 g/mol. The summed E-state index contributed by atoms with van der Waals surface area (Å²) in [4.78, 5) is 13.1. The summed E-state index contributed by atoms with van der Waals surface area (Å²) in [5.41, 5.74) is -0.560. The van der Waals surface area contributed by atoms with Gasteiger partial charge in [0, 0.05) is 26.2 Å². The molecule has 0 bridgehead atoms. The second-order valence-electron chi connectivity index (χ2n) is 6.16. The lowest BCUT2D eigenvalue weighted by molar-refractivity contribution is 0.0136. The monoisotopic (exact) mass is 292 g/mol. The molecule has 1 aliphatic rings. The summed E-state index contributed by atoms with van der Waals surface area (Å²) in [7, 11) is -1.76. The van der Waals surface area contributed by atoms with E-state index in [9.17, 15) is 13.2 Å². The van der Waals surface area contributed by atoms with Gasteiger partial charge in [0.15, 0.2) is 0 Å². The molecule has 0 aromatic heterocycles. The van der Waals surface area contributed by atoms with E-state index in [1.165, 1.54) is 9.21 Å². The Morgan fingerprint density at radius 2 is 1.79 bits per heavy atom. The summed E-state index contributed by atoms with van der Waals surface area (Å²) in [5, 5.41) is -0.521. The van der Waals surface area contributed by atoms with E-state index in [2.05, 4.69) is 0 Å². The van der Waals surface area contributed by atoms with Gasteiger partial charge in [-0.1, -0.05) is 0 Å². The second-order valence-corrected chi connectivity index (χ2v) is 8.43. The summed E-state index contributed by atoms with van der Waals surface area (Å²) in [5.74, 6) is 0. The quantitative estimate of drug-likeness (QED) is 0.786. The molecule has 0 aromatic carbocycles. The van der Waals surface area contributed by atoms with Crippen LogP contribution in [0.4, 0.5) is 4.79 Å². The topological polar surface area (TPSA) is 66.9 Å². The van der Waals surface area contributed by atoms with E-state index in [0.717, 1.165) is 0 Å². The molecule has 1 rings (SSSR count). The zero-order chi connectivity index (χ0) is 15.0. The Bertz CT molecular complexity index is 433. The van der Waals surface area contributed by atoms with Gasteiger partial charge in [-0.3, -0.25) is 0 Å². The molecule has 1 aliphatic heterocycles. The number of likely N-dealkylation sites (tertiary alicyclic amines) is 1. The average molecular weight is 292 g/mol. The van der Waals surface area contributed by atoms with Crippen molar-refractivity contribution in [3.8, 4) is 0 Å². The highest BCUT2D eigenvalue weighted by Crippen LogP contribution is 2.22. The number of hydrogen-bond acceptors (Lipinski definition) is 4. The molecule has 7 heteroatoms. The van der Waals surface area contributed by atoms with E-state index >= 15 is 0 Å². The van der Waals surface area contributed by atoms with Gasteiger partial charge < -0.3 is 9.64 Å². The van der Waals surface area contributed by atoms with Crippen molar-refractivity contribution in [3.63, 3.8) is 0 Å². The molecule has 0 aliphatic carbocycles. The number of nitrogens with zero attached hydrogens (tertiary/aromatic N) is 2. The minimum Gasteiger partial charge on any atom is -0.444 e. The first-order valence-corrected chi connectivity index (χ1v) is 7.90. The van der Waals surface area contributed by atoms with Crippen LogP contribution in [0.5, 0.6) is 0 Å². The van der Waals surface area contributed by atoms with Crippen LogP contribution in [-0.4, -0.2) is 60.7 Å². The van der Waals surface area contributed by atoms with Crippen LogP contribution in [0.2, 0.25) is 0 Å². The Kier molecular flexibility index (Phi) is 4.51. The Morgan fingerprint density at radius 1 is 1.32 bits per heavy atom. The summed E-state index contributed by atoms with van der Waals surface area (Å²) in [6, 6.07) is -0.0828. The third-order valence-corrected chi connectivity index (χ3v) is 5.41. The van der Waals surface area contributed by atoms with Crippen molar-refractivity contribution in [2.75, 3.05) is 20.1 Å². The van der Waals surface area contributed by atoms with Crippen LogP contribution in [0.25, 0.3) is 0 Å². The molecule has 1 fully saturated rings. The summed E-state index contributed by atoms with van der Waals surface area (Å²) >= 11 is 0. The number of ether oxygens (including phenoxy) is 1. The summed E-state index contributed by atoms with van der Waals surface area (Å²) < 4.78 is 30.8. The number of hydrogen-bond donors (Lipinski definition) is 0. The van der Waals surface area contributed by atoms with Crippen molar-refractivity contribution >= 4 is 16.1 Å². The average Bonchev–Trinajstić information content (AvgIpc) is 2.09. The summed E-state index contributed by atoms with van der Waals surface area (Å²) in [6.45, 7) is 9.40. The SMILES string of the molecule is CC(C)N(C)S(=O)(=O)C1CN(C(=O)OC(C)(C)C)C1. The van der Waals surface area contributed by atoms with Crippen LogP contribution < -0.4 is 0 Å². The second kappa shape index (κ2) is 5.28. The molecule has 0 aromatic rings. The number of amides is 1. The molecule has 0 spiro atoms. The molecule has 1 heterocycles. The molecule has 6 nitrogen and oxygen atoms in total. The fourth-order valence-corrected chi connectivity index (χ4v) is 3.43. The number of rotatable bonds is 3.